The zero-order valence-electron chi connectivity index (χ0n) is 17.3. The summed E-state index contributed by atoms with van der Waals surface area (Å²) in [7, 11) is 1.50. The summed E-state index contributed by atoms with van der Waals surface area (Å²) in [6, 6.07) is 1.63. The van der Waals surface area contributed by atoms with Gasteiger partial charge in [0.25, 0.3) is 0 Å². The minimum atomic E-state index is -0.0792. The van der Waals surface area contributed by atoms with Crippen LogP contribution in [0.1, 0.15) is 38.3 Å². The maximum absolute atomic E-state index is 12.5. The highest BCUT2D eigenvalue weighted by Crippen LogP contribution is 2.23. The average molecular weight is 391 g/mol. The van der Waals surface area contributed by atoms with E-state index in [1.54, 1.807) is 12.3 Å². The van der Waals surface area contributed by atoms with Crippen molar-refractivity contribution in [1.82, 2.24) is 19.7 Å². The topological polar surface area (TPSA) is 68.9 Å². The van der Waals surface area contributed by atoms with Crippen LogP contribution in [0, 0.1) is 5.92 Å². The van der Waals surface area contributed by atoms with Crippen LogP contribution in [-0.2, 0) is 11.3 Å². The largest absolute Gasteiger partial charge is 0.491 e. The van der Waals surface area contributed by atoms with Gasteiger partial charge in [-0.25, -0.2) is 0 Å². The van der Waals surface area contributed by atoms with E-state index in [4.69, 9.17) is 4.74 Å². The number of carbonyl (C=O) groups is 1. The number of H-pyrrole nitrogens is 1. The Bertz CT molecular complexity index is 689. The first kappa shape index (κ1) is 20.9. The first-order chi connectivity index (χ1) is 13.6. The number of amides is 1. The van der Waals surface area contributed by atoms with Crippen molar-refractivity contribution in [3.05, 3.63) is 28.2 Å². The maximum atomic E-state index is 12.5. The fraction of sp³-hybridized carbons (Fsp3) is 0.714. The summed E-state index contributed by atoms with van der Waals surface area (Å²) in [4.78, 5) is 34.3. The number of likely N-dealkylation sites (tertiary alicyclic amines) is 1. The Morgan fingerprint density at radius 2 is 1.86 bits per heavy atom. The number of nitrogens with zero attached hydrogens (tertiary/aromatic N) is 3. The second kappa shape index (κ2) is 10.1. The van der Waals surface area contributed by atoms with Crippen LogP contribution in [0.5, 0.6) is 5.75 Å². The summed E-state index contributed by atoms with van der Waals surface area (Å²) in [5, 5.41) is 0. The summed E-state index contributed by atoms with van der Waals surface area (Å²) in [6.07, 6.45) is 5.56. The molecule has 156 valence electrons. The highest BCUT2D eigenvalue weighted by Gasteiger charge is 2.23. The van der Waals surface area contributed by atoms with Crippen molar-refractivity contribution >= 4 is 5.91 Å². The molecule has 0 radical (unpaired) electrons. The van der Waals surface area contributed by atoms with Gasteiger partial charge in [-0.15, -0.1) is 0 Å². The Labute approximate surface area is 167 Å². The molecule has 0 saturated carbocycles. The third kappa shape index (κ3) is 5.58. The first-order valence-electron chi connectivity index (χ1n) is 10.6. The van der Waals surface area contributed by atoms with Gasteiger partial charge in [0.2, 0.25) is 11.3 Å². The Balaban J connectivity index is 1.37. The zero-order valence-corrected chi connectivity index (χ0v) is 17.3. The summed E-state index contributed by atoms with van der Waals surface area (Å²) >= 11 is 0. The molecule has 28 heavy (non-hydrogen) atoms. The molecule has 0 aliphatic carbocycles. The number of likely N-dealkylation sites (N-methyl/N-ethyl adjacent to an activating group) is 1. The minimum absolute atomic E-state index is 0.0792. The number of aromatic amines is 1. The maximum Gasteiger partial charge on any atom is 0.223 e. The SMILES string of the molecule is CCN1CCN(C(=O)CCC2CCN(Cc3cc(=O)c(OC)c[nH]3)CC2)CC1. The predicted molar refractivity (Wildman–Crippen MR) is 110 cm³/mol. The van der Waals surface area contributed by atoms with E-state index >= 15 is 0 Å². The van der Waals surface area contributed by atoms with Crippen molar-refractivity contribution in [2.45, 2.75) is 39.2 Å². The first-order valence-corrected chi connectivity index (χ1v) is 10.6. The molecule has 1 aromatic rings. The van der Waals surface area contributed by atoms with Crippen molar-refractivity contribution < 1.29 is 9.53 Å². The average Bonchev–Trinajstić information content (AvgIpc) is 2.73. The number of hydrogen-bond acceptors (Lipinski definition) is 5. The van der Waals surface area contributed by atoms with Gasteiger partial charge in [-0.3, -0.25) is 14.5 Å². The Hall–Kier alpha value is -1.86. The van der Waals surface area contributed by atoms with E-state index in [2.05, 4.69) is 21.7 Å². The van der Waals surface area contributed by atoms with Gasteiger partial charge in [0, 0.05) is 57.1 Å². The van der Waals surface area contributed by atoms with E-state index < -0.39 is 0 Å². The van der Waals surface area contributed by atoms with Crippen LogP contribution < -0.4 is 10.2 Å². The summed E-state index contributed by atoms with van der Waals surface area (Å²) in [6.45, 7) is 9.82. The molecular formula is C21H34N4O3. The molecule has 2 aliphatic rings. The van der Waals surface area contributed by atoms with Crippen molar-refractivity contribution in [2.24, 2.45) is 5.92 Å². The molecular weight excluding hydrogens is 356 g/mol. The van der Waals surface area contributed by atoms with E-state index in [9.17, 15) is 9.59 Å². The number of pyridine rings is 1. The monoisotopic (exact) mass is 390 g/mol. The lowest BCUT2D eigenvalue weighted by Crippen LogP contribution is -2.48. The van der Waals surface area contributed by atoms with Crippen LogP contribution in [0.15, 0.2) is 17.1 Å². The Kier molecular flexibility index (Phi) is 7.50. The number of piperazine rings is 1. The Morgan fingerprint density at radius 1 is 1.14 bits per heavy atom. The van der Waals surface area contributed by atoms with E-state index in [1.807, 2.05) is 4.90 Å². The molecule has 3 heterocycles. The quantitative estimate of drug-likeness (QED) is 0.765. The molecule has 2 fully saturated rings. The summed E-state index contributed by atoms with van der Waals surface area (Å²) in [5.41, 5.74) is 0.843. The molecule has 7 heteroatoms. The zero-order chi connectivity index (χ0) is 19.9. The Morgan fingerprint density at radius 3 is 2.46 bits per heavy atom. The highest BCUT2D eigenvalue weighted by atomic mass is 16.5. The van der Waals surface area contributed by atoms with Gasteiger partial charge in [0.05, 0.1) is 7.11 Å². The van der Waals surface area contributed by atoms with E-state index in [1.165, 1.54) is 7.11 Å². The van der Waals surface area contributed by atoms with Gasteiger partial charge in [-0.1, -0.05) is 6.92 Å². The number of carbonyl (C=O) groups excluding carboxylic acids is 1. The molecule has 2 aliphatic heterocycles. The summed E-state index contributed by atoms with van der Waals surface area (Å²) in [5.74, 6) is 1.31. The normalized spacial score (nSPS) is 19.7. The third-order valence-electron chi connectivity index (χ3n) is 6.20. The molecule has 1 aromatic heterocycles. The molecule has 7 nitrogen and oxygen atoms in total. The second-order valence-corrected chi connectivity index (χ2v) is 7.96. The number of aromatic nitrogens is 1. The van der Waals surface area contributed by atoms with E-state index in [-0.39, 0.29) is 5.43 Å². The van der Waals surface area contributed by atoms with Crippen molar-refractivity contribution in [1.29, 1.82) is 0 Å². The number of methoxy groups -OCH3 is 1. The van der Waals surface area contributed by atoms with Crippen LogP contribution in [0.3, 0.4) is 0 Å². The smallest absolute Gasteiger partial charge is 0.223 e. The number of rotatable bonds is 7. The summed E-state index contributed by atoms with van der Waals surface area (Å²) < 4.78 is 5.01. The van der Waals surface area contributed by atoms with Gasteiger partial charge >= 0.3 is 0 Å². The van der Waals surface area contributed by atoms with Crippen LogP contribution in [0.2, 0.25) is 0 Å². The molecule has 0 unspecified atom stereocenters. The van der Waals surface area contributed by atoms with Gasteiger partial charge in [0.1, 0.15) is 0 Å². The van der Waals surface area contributed by atoms with Crippen LogP contribution in [0.25, 0.3) is 0 Å². The van der Waals surface area contributed by atoms with Crippen molar-refractivity contribution in [3.63, 3.8) is 0 Å². The standard InChI is InChI=1S/C21H34N4O3/c1-3-23-10-12-25(13-11-23)21(27)5-4-17-6-8-24(9-7-17)16-18-14-19(26)20(28-2)15-22-18/h14-15,17H,3-13,16H2,1-2H3,(H,22,26). The van der Waals surface area contributed by atoms with E-state index in [0.717, 1.165) is 77.3 Å². The molecule has 0 spiro atoms. The van der Waals surface area contributed by atoms with Crippen LogP contribution in [0.4, 0.5) is 0 Å². The molecule has 0 atom stereocenters. The van der Waals surface area contributed by atoms with Crippen molar-refractivity contribution in [2.75, 3.05) is 52.9 Å². The third-order valence-corrected chi connectivity index (χ3v) is 6.20. The minimum Gasteiger partial charge on any atom is -0.491 e. The van der Waals surface area contributed by atoms with Crippen LogP contribution in [-0.4, -0.2) is 78.5 Å². The lowest BCUT2D eigenvalue weighted by atomic mass is 9.92. The van der Waals surface area contributed by atoms with Crippen LogP contribution >= 0.6 is 0 Å². The number of hydrogen-bond donors (Lipinski definition) is 1. The van der Waals surface area contributed by atoms with Gasteiger partial charge in [0.15, 0.2) is 5.75 Å². The molecule has 0 bridgehead atoms. The fourth-order valence-corrected chi connectivity index (χ4v) is 4.22. The number of nitrogens with one attached hydrogen (secondary N) is 1. The number of piperidine rings is 1. The second-order valence-electron chi connectivity index (χ2n) is 7.96. The lowest BCUT2D eigenvalue weighted by Gasteiger charge is -2.35. The highest BCUT2D eigenvalue weighted by molar-refractivity contribution is 5.76. The predicted octanol–water partition coefficient (Wildman–Crippen LogP) is 1.54. The van der Waals surface area contributed by atoms with Gasteiger partial charge in [-0.05, 0) is 44.8 Å². The number of ether oxygens (including phenoxy) is 1. The van der Waals surface area contributed by atoms with Crippen molar-refractivity contribution in [3.8, 4) is 5.75 Å². The molecule has 3 rings (SSSR count). The van der Waals surface area contributed by atoms with E-state index in [0.29, 0.717) is 24.0 Å². The van der Waals surface area contributed by atoms with Gasteiger partial charge < -0.3 is 19.5 Å². The molecule has 1 amide bonds. The fourth-order valence-electron chi connectivity index (χ4n) is 4.22. The molecule has 2 saturated heterocycles. The lowest BCUT2D eigenvalue weighted by molar-refractivity contribution is -0.133. The molecule has 1 N–H and O–H groups in total. The molecule has 0 aromatic carbocycles. The van der Waals surface area contributed by atoms with Gasteiger partial charge in [-0.2, -0.15) is 0 Å².